The van der Waals surface area contributed by atoms with Gasteiger partial charge in [0.15, 0.2) is 0 Å². The summed E-state index contributed by atoms with van der Waals surface area (Å²) in [6.07, 6.45) is 2.23. The minimum atomic E-state index is -0.714. The zero-order chi connectivity index (χ0) is 18.4. The SMILES string of the molecule is Cc1cc(C2CCNCC2)c(F)c2c1C(=O)N(C1CCC(=O)NC1=O)C2. The number of fused-ring (bicyclic) bond motifs is 1. The van der Waals surface area contributed by atoms with Crippen LogP contribution in [0, 0.1) is 12.7 Å². The highest BCUT2D eigenvalue weighted by Gasteiger charge is 2.41. The van der Waals surface area contributed by atoms with Crippen molar-refractivity contribution in [3.05, 3.63) is 34.1 Å². The number of carbonyl (C=O) groups is 3. The quantitative estimate of drug-likeness (QED) is 0.782. The minimum Gasteiger partial charge on any atom is -0.322 e. The Morgan fingerprint density at radius 2 is 1.88 bits per heavy atom. The molecule has 1 atom stereocenters. The first-order valence-corrected chi connectivity index (χ1v) is 9.14. The van der Waals surface area contributed by atoms with E-state index in [0.29, 0.717) is 16.7 Å². The maximum Gasteiger partial charge on any atom is 0.255 e. The van der Waals surface area contributed by atoms with Gasteiger partial charge in [0.1, 0.15) is 11.9 Å². The highest BCUT2D eigenvalue weighted by atomic mass is 19.1. The molecule has 4 rings (SSSR count). The molecule has 1 aromatic carbocycles. The third kappa shape index (κ3) is 2.70. The van der Waals surface area contributed by atoms with Gasteiger partial charge < -0.3 is 10.2 Å². The Kier molecular flexibility index (Phi) is 4.26. The Morgan fingerprint density at radius 3 is 2.58 bits per heavy atom. The number of halogens is 1. The molecule has 0 aromatic heterocycles. The van der Waals surface area contributed by atoms with Crippen LogP contribution in [0.3, 0.4) is 0 Å². The van der Waals surface area contributed by atoms with E-state index in [1.807, 2.05) is 6.92 Å². The van der Waals surface area contributed by atoms with Crippen molar-refractivity contribution in [1.29, 1.82) is 0 Å². The third-order valence-corrected chi connectivity index (χ3v) is 5.76. The zero-order valence-corrected chi connectivity index (χ0v) is 14.7. The number of carbonyl (C=O) groups excluding carboxylic acids is 3. The fourth-order valence-electron chi connectivity index (χ4n) is 4.38. The molecule has 0 spiro atoms. The van der Waals surface area contributed by atoms with Crippen LogP contribution in [0.15, 0.2) is 6.07 Å². The molecule has 3 heterocycles. The number of rotatable bonds is 2. The van der Waals surface area contributed by atoms with E-state index in [-0.39, 0.29) is 42.9 Å². The van der Waals surface area contributed by atoms with Crippen molar-refractivity contribution in [2.24, 2.45) is 0 Å². The van der Waals surface area contributed by atoms with Crippen molar-refractivity contribution in [2.75, 3.05) is 13.1 Å². The molecular weight excluding hydrogens is 337 g/mol. The second-order valence-electron chi connectivity index (χ2n) is 7.37. The van der Waals surface area contributed by atoms with Gasteiger partial charge in [0, 0.05) is 12.0 Å². The van der Waals surface area contributed by atoms with Crippen molar-refractivity contribution in [3.8, 4) is 0 Å². The summed E-state index contributed by atoms with van der Waals surface area (Å²) in [5.74, 6) is -1.27. The molecule has 26 heavy (non-hydrogen) atoms. The van der Waals surface area contributed by atoms with Crippen molar-refractivity contribution in [1.82, 2.24) is 15.5 Å². The van der Waals surface area contributed by atoms with E-state index in [4.69, 9.17) is 0 Å². The molecule has 0 bridgehead atoms. The number of amides is 3. The fraction of sp³-hybridized carbons (Fsp3) is 0.526. The summed E-state index contributed by atoms with van der Waals surface area (Å²) in [6, 6.07) is 1.09. The smallest absolute Gasteiger partial charge is 0.255 e. The third-order valence-electron chi connectivity index (χ3n) is 5.76. The number of piperidine rings is 2. The summed E-state index contributed by atoms with van der Waals surface area (Å²) in [4.78, 5) is 37.8. The summed E-state index contributed by atoms with van der Waals surface area (Å²) in [5.41, 5.74) is 2.22. The van der Waals surface area contributed by atoms with Crippen molar-refractivity contribution < 1.29 is 18.8 Å². The Morgan fingerprint density at radius 1 is 1.15 bits per heavy atom. The van der Waals surface area contributed by atoms with Crippen LogP contribution in [0.4, 0.5) is 4.39 Å². The fourth-order valence-corrected chi connectivity index (χ4v) is 4.38. The van der Waals surface area contributed by atoms with Gasteiger partial charge in [0.2, 0.25) is 11.8 Å². The molecule has 3 aliphatic rings. The molecule has 2 saturated heterocycles. The van der Waals surface area contributed by atoms with E-state index in [9.17, 15) is 14.4 Å². The second kappa shape index (κ2) is 6.46. The van der Waals surface area contributed by atoms with Gasteiger partial charge in [0.25, 0.3) is 5.91 Å². The number of nitrogens with one attached hydrogen (secondary N) is 2. The molecule has 6 nitrogen and oxygen atoms in total. The zero-order valence-electron chi connectivity index (χ0n) is 14.7. The first-order chi connectivity index (χ1) is 12.5. The van der Waals surface area contributed by atoms with E-state index in [1.165, 1.54) is 4.90 Å². The average molecular weight is 359 g/mol. The molecule has 0 saturated carbocycles. The number of aryl methyl sites for hydroxylation is 1. The van der Waals surface area contributed by atoms with Gasteiger partial charge in [0.05, 0.1) is 12.1 Å². The molecule has 1 aromatic rings. The number of hydrogen-bond acceptors (Lipinski definition) is 4. The number of benzene rings is 1. The lowest BCUT2D eigenvalue weighted by molar-refractivity contribution is -0.136. The monoisotopic (exact) mass is 359 g/mol. The van der Waals surface area contributed by atoms with Gasteiger partial charge in [-0.3, -0.25) is 19.7 Å². The predicted molar refractivity (Wildman–Crippen MR) is 92.0 cm³/mol. The van der Waals surface area contributed by atoms with Gasteiger partial charge >= 0.3 is 0 Å². The van der Waals surface area contributed by atoms with Crippen LogP contribution in [-0.2, 0) is 16.1 Å². The molecule has 0 aliphatic carbocycles. The summed E-state index contributed by atoms with van der Waals surface area (Å²) in [5, 5.41) is 5.55. The van der Waals surface area contributed by atoms with E-state index in [0.717, 1.165) is 31.5 Å². The van der Waals surface area contributed by atoms with Crippen LogP contribution in [-0.4, -0.2) is 41.8 Å². The van der Waals surface area contributed by atoms with Crippen LogP contribution in [0.5, 0.6) is 0 Å². The maximum absolute atomic E-state index is 15.3. The van der Waals surface area contributed by atoms with Crippen LogP contribution >= 0.6 is 0 Å². The molecule has 7 heteroatoms. The van der Waals surface area contributed by atoms with Crippen LogP contribution in [0.2, 0.25) is 0 Å². The van der Waals surface area contributed by atoms with E-state index < -0.39 is 11.9 Å². The Bertz CT molecular complexity index is 802. The van der Waals surface area contributed by atoms with Crippen LogP contribution in [0.25, 0.3) is 0 Å². The minimum absolute atomic E-state index is 0.0892. The van der Waals surface area contributed by atoms with Gasteiger partial charge in [-0.2, -0.15) is 0 Å². The summed E-state index contributed by atoms with van der Waals surface area (Å²) >= 11 is 0. The molecular formula is C19H22FN3O3. The van der Waals surface area contributed by atoms with Crippen LogP contribution in [0.1, 0.15) is 58.6 Å². The largest absolute Gasteiger partial charge is 0.322 e. The van der Waals surface area contributed by atoms with Crippen molar-refractivity contribution in [3.63, 3.8) is 0 Å². The lowest BCUT2D eigenvalue weighted by Gasteiger charge is -2.29. The molecule has 1 unspecified atom stereocenters. The summed E-state index contributed by atoms with van der Waals surface area (Å²) in [6.45, 7) is 3.64. The first-order valence-electron chi connectivity index (χ1n) is 9.14. The standard InChI is InChI=1S/C19H22FN3O3/c1-10-8-12(11-4-6-21-7-5-11)17(20)13-9-23(19(26)16(10)13)14-2-3-15(24)22-18(14)25/h8,11,14,21H,2-7,9H2,1H3,(H,22,24,25). The Balaban J connectivity index is 1.67. The van der Waals surface area contributed by atoms with E-state index >= 15 is 4.39 Å². The normalized spacial score (nSPS) is 24.0. The van der Waals surface area contributed by atoms with E-state index in [2.05, 4.69) is 10.6 Å². The number of hydrogen-bond donors (Lipinski definition) is 2. The molecule has 3 amide bonds. The van der Waals surface area contributed by atoms with E-state index in [1.54, 1.807) is 6.07 Å². The number of imide groups is 1. The second-order valence-corrected chi connectivity index (χ2v) is 7.37. The van der Waals surface area contributed by atoms with Gasteiger partial charge in [-0.25, -0.2) is 4.39 Å². The molecule has 3 aliphatic heterocycles. The predicted octanol–water partition coefficient (Wildman–Crippen LogP) is 1.36. The first kappa shape index (κ1) is 17.1. The van der Waals surface area contributed by atoms with Gasteiger partial charge in [-0.15, -0.1) is 0 Å². The Hall–Kier alpha value is -2.28. The van der Waals surface area contributed by atoms with Crippen molar-refractivity contribution in [2.45, 2.75) is 51.1 Å². The summed E-state index contributed by atoms with van der Waals surface area (Å²) < 4.78 is 15.3. The molecule has 2 N–H and O–H groups in total. The maximum atomic E-state index is 15.3. The highest BCUT2D eigenvalue weighted by molar-refractivity contribution is 6.06. The van der Waals surface area contributed by atoms with Gasteiger partial charge in [-0.05, 0) is 56.3 Å². The number of nitrogens with zero attached hydrogens (tertiary/aromatic N) is 1. The summed E-state index contributed by atoms with van der Waals surface area (Å²) in [7, 11) is 0. The average Bonchev–Trinajstić information content (AvgIpc) is 2.97. The topological polar surface area (TPSA) is 78.5 Å². The van der Waals surface area contributed by atoms with Crippen molar-refractivity contribution >= 4 is 17.7 Å². The Labute approximate surface area is 151 Å². The lowest BCUT2D eigenvalue weighted by atomic mass is 9.86. The highest BCUT2D eigenvalue weighted by Crippen LogP contribution is 2.37. The molecule has 2 fully saturated rings. The molecule has 0 radical (unpaired) electrons. The van der Waals surface area contributed by atoms with Gasteiger partial charge in [-0.1, -0.05) is 6.07 Å². The van der Waals surface area contributed by atoms with Crippen LogP contribution < -0.4 is 10.6 Å². The molecule has 138 valence electrons. The lowest BCUT2D eigenvalue weighted by Crippen LogP contribution is -2.52.